The number of nitrogen functional groups attached to an aromatic ring is 1. The summed E-state index contributed by atoms with van der Waals surface area (Å²) in [7, 11) is 0. The van der Waals surface area contributed by atoms with Crippen LogP contribution in [0.3, 0.4) is 0 Å². The number of nitrogens with one attached hydrogen (secondary N) is 1. The molecule has 0 amide bonds. The lowest BCUT2D eigenvalue weighted by Crippen LogP contribution is -2.06. The van der Waals surface area contributed by atoms with Crippen LogP contribution < -0.4 is 11.3 Å². The van der Waals surface area contributed by atoms with Crippen molar-refractivity contribution in [3.8, 4) is 11.1 Å². The summed E-state index contributed by atoms with van der Waals surface area (Å²) < 4.78 is 13.0. The Kier molecular flexibility index (Phi) is 4.28. The minimum absolute atomic E-state index is 0. The standard InChI is InChI=1S/C12H11FN2.ClH/c13-11-5-1-3-9(7-11)10-4-2-6-12(8-10)15-14;/h1-8,15H,14H2;1H. The lowest BCUT2D eigenvalue weighted by atomic mass is 10.1. The second-order valence-corrected chi connectivity index (χ2v) is 3.24. The maximum Gasteiger partial charge on any atom is 0.123 e. The van der Waals surface area contributed by atoms with Crippen molar-refractivity contribution in [2.24, 2.45) is 5.84 Å². The molecule has 0 radical (unpaired) electrons. The number of halogens is 2. The van der Waals surface area contributed by atoms with Gasteiger partial charge in [0.25, 0.3) is 0 Å². The van der Waals surface area contributed by atoms with Gasteiger partial charge >= 0.3 is 0 Å². The Balaban J connectivity index is 0.00000128. The predicted octanol–water partition coefficient (Wildman–Crippen LogP) is 3.20. The van der Waals surface area contributed by atoms with Gasteiger partial charge in [0.2, 0.25) is 0 Å². The Bertz CT molecular complexity index is 474. The molecular weight excluding hydrogens is 227 g/mol. The van der Waals surface area contributed by atoms with Crippen LogP contribution in [-0.4, -0.2) is 0 Å². The zero-order valence-electron chi connectivity index (χ0n) is 8.48. The Morgan fingerprint density at radius 1 is 0.938 bits per heavy atom. The first kappa shape index (κ1) is 12.5. The van der Waals surface area contributed by atoms with E-state index in [1.165, 1.54) is 12.1 Å². The predicted molar refractivity (Wildman–Crippen MR) is 66.9 cm³/mol. The van der Waals surface area contributed by atoms with E-state index in [0.717, 1.165) is 16.8 Å². The third kappa shape index (κ3) is 2.72. The summed E-state index contributed by atoms with van der Waals surface area (Å²) in [5, 5.41) is 0. The zero-order chi connectivity index (χ0) is 10.7. The van der Waals surface area contributed by atoms with E-state index < -0.39 is 0 Å². The molecule has 2 aromatic rings. The SMILES string of the molecule is Cl.NNc1cccc(-c2cccc(F)c2)c1. The highest BCUT2D eigenvalue weighted by atomic mass is 35.5. The van der Waals surface area contributed by atoms with Gasteiger partial charge in [-0.15, -0.1) is 12.4 Å². The smallest absolute Gasteiger partial charge is 0.123 e. The molecule has 0 aliphatic heterocycles. The van der Waals surface area contributed by atoms with Gasteiger partial charge in [0.05, 0.1) is 0 Å². The van der Waals surface area contributed by atoms with Crippen molar-refractivity contribution < 1.29 is 4.39 Å². The number of anilines is 1. The molecule has 0 heterocycles. The first-order valence-electron chi connectivity index (χ1n) is 4.62. The number of hydrazine groups is 1. The van der Waals surface area contributed by atoms with E-state index in [1.54, 1.807) is 6.07 Å². The Labute approximate surface area is 99.7 Å². The Morgan fingerprint density at radius 2 is 1.56 bits per heavy atom. The molecule has 2 rings (SSSR count). The third-order valence-corrected chi connectivity index (χ3v) is 2.19. The molecule has 4 heteroatoms. The third-order valence-electron chi connectivity index (χ3n) is 2.19. The van der Waals surface area contributed by atoms with Crippen molar-refractivity contribution in [2.75, 3.05) is 5.43 Å². The van der Waals surface area contributed by atoms with Gasteiger partial charge in [0.1, 0.15) is 5.82 Å². The highest BCUT2D eigenvalue weighted by Crippen LogP contribution is 2.22. The van der Waals surface area contributed by atoms with Gasteiger partial charge in [-0.1, -0.05) is 24.3 Å². The quantitative estimate of drug-likeness (QED) is 0.623. The summed E-state index contributed by atoms with van der Waals surface area (Å²) in [5.41, 5.74) is 5.14. The fourth-order valence-corrected chi connectivity index (χ4v) is 1.46. The molecule has 0 aliphatic rings. The molecule has 3 N–H and O–H groups in total. The molecule has 0 unspecified atom stereocenters. The molecule has 0 spiro atoms. The van der Waals surface area contributed by atoms with E-state index in [9.17, 15) is 4.39 Å². The van der Waals surface area contributed by atoms with Crippen LogP contribution in [0.25, 0.3) is 11.1 Å². The summed E-state index contributed by atoms with van der Waals surface area (Å²) in [6, 6.07) is 14.0. The molecular formula is C12H12ClFN2. The second-order valence-electron chi connectivity index (χ2n) is 3.24. The molecule has 0 fully saturated rings. The molecule has 0 saturated carbocycles. The van der Waals surface area contributed by atoms with Gasteiger partial charge in [0.15, 0.2) is 0 Å². The summed E-state index contributed by atoms with van der Waals surface area (Å²) in [6.07, 6.45) is 0. The summed E-state index contributed by atoms with van der Waals surface area (Å²) in [5.74, 6) is 5.07. The molecule has 0 aromatic heterocycles. The molecule has 2 nitrogen and oxygen atoms in total. The molecule has 16 heavy (non-hydrogen) atoms. The van der Waals surface area contributed by atoms with Gasteiger partial charge in [0, 0.05) is 5.69 Å². The van der Waals surface area contributed by atoms with Crippen molar-refractivity contribution in [1.29, 1.82) is 0 Å². The van der Waals surface area contributed by atoms with Crippen molar-refractivity contribution in [1.82, 2.24) is 0 Å². The largest absolute Gasteiger partial charge is 0.324 e. The van der Waals surface area contributed by atoms with Crippen molar-refractivity contribution in [2.45, 2.75) is 0 Å². The first-order valence-corrected chi connectivity index (χ1v) is 4.62. The van der Waals surface area contributed by atoms with E-state index in [0.29, 0.717) is 0 Å². The molecule has 2 aromatic carbocycles. The Morgan fingerprint density at radius 3 is 2.19 bits per heavy atom. The van der Waals surface area contributed by atoms with E-state index in [4.69, 9.17) is 5.84 Å². The van der Waals surface area contributed by atoms with E-state index in [1.807, 2.05) is 30.3 Å². The highest BCUT2D eigenvalue weighted by Gasteiger charge is 1.99. The van der Waals surface area contributed by atoms with E-state index in [-0.39, 0.29) is 18.2 Å². The van der Waals surface area contributed by atoms with Gasteiger partial charge in [-0.05, 0) is 35.4 Å². The van der Waals surface area contributed by atoms with Gasteiger partial charge in [-0.2, -0.15) is 0 Å². The number of hydrogen-bond acceptors (Lipinski definition) is 2. The molecule has 0 aliphatic carbocycles. The number of nitrogens with two attached hydrogens (primary N) is 1. The molecule has 0 bridgehead atoms. The summed E-state index contributed by atoms with van der Waals surface area (Å²) in [6.45, 7) is 0. The van der Waals surface area contributed by atoms with Crippen LogP contribution in [0.4, 0.5) is 10.1 Å². The van der Waals surface area contributed by atoms with Crippen LogP contribution in [0.2, 0.25) is 0 Å². The minimum Gasteiger partial charge on any atom is -0.324 e. The highest BCUT2D eigenvalue weighted by molar-refractivity contribution is 5.85. The van der Waals surface area contributed by atoms with Crippen LogP contribution in [0, 0.1) is 5.82 Å². The van der Waals surface area contributed by atoms with Gasteiger partial charge in [-0.3, -0.25) is 5.84 Å². The first-order chi connectivity index (χ1) is 7.29. The average Bonchev–Trinajstić information content (AvgIpc) is 2.29. The Hall–Kier alpha value is -1.58. The summed E-state index contributed by atoms with van der Waals surface area (Å²) >= 11 is 0. The van der Waals surface area contributed by atoms with Crippen molar-refractivity contribution in [3.63, 3.8) is 0 Å². The van der Waals surface area contributed by atoms with Crippen LogP contribution in [0.15, 0.2) is 48.5 Å². The molecule has 0 saturated heterocycles. The van der Waals surface area contributed by atoms with E-state index in [2.05, 4.69) is 5.43 Å². The molecule has 0 atom stereocenters. The van der Waals surface area contributed by atoms with Gasteiger partial charge in [-0.25, -0.2) is 4.39 Å². The number of benzene rings is 2. The maximum absolute atomic E-state index is 13.0. The van der Waals surface area contributed by atoms with Crippen LogP contribution in [0.1, 0.15) is 0 Å². The lowest BCUT2D eigenvalue weighted by molar-refractivity contribution is 0.628. The van der Waals surface area contributed by atoms with Gasteiger partial charge < -0.3 is 5.43 Å². The number of rotatable bonds is 2. The van der Waals surface area contributed by atoms with Crippen molar-refractivity contribution >= 4 is 18.1 Å². The zero-order valence-corrected chi connectivity index (χ0v) is 9.30. The van der Waals surface area contributed by atoms with Crippen LogP contribution >= 0.6 is 12.4 Å². The van der Waals surface area contributed by atoms with Crippen molar-refractivity contribution in [3.05, 3.63) is 54.3 Å². The van der Waals surface area contributed by atoms with Crippen LogP contribution in [0.5, 0.6) is 0 Å². The summed E-state index contributed by atoms with van der Waals surface area (Å²) in [4.78, 5) is 0. The monoisotopic (exact) mass is 238 g/mol. The average molecular weight is 239 g/mol. The lowest BCUT2D eigenvalue weighted by Gasteiger charge is -2.04. The topological polar surface area (TPSA) is 38.0 Å². The fraction of sp³-hybridized carbons (Fsp3) is 0. The molecule has 84 valence electrons. The second kappa shape index (κ2) is 5.49. The normalized spacial score (nSPS) is 9.38. The number of hydrogen-bond donors (Lipinski definition) is 2. The maximum atomic E-state index is 13.0. The minimum atomic E-state index is -0.237. The fourth-order valence-electron chi connectivity index (χ4n) is 1.46. The van der Waals surface area contributed by atoms with E-state index >= 15 is 0 Å². The van der Waals surface area contributed by atoms with Crippen LogP contribution in [-0.2, 0) is 0 Å².